The minimum atomic E-state index is 0.284. The molecule has 90 valence electrons. The van der Waals surface area contributed by atoms with Gasteiger partial charge in [0.25, 0.3) is 0 Å². The summed E-state index contributed by atoms with van der Waals surface area (Å²) in [6.07, 6.45) is 6.02. The Balaban J connectivity index is 2.46. The molecule has 0 aliphatic carbocycles. The number of aromatic nitrogens is 1. The summed E-state index contributed by atoms with van der Waals surface area (Å²) >= 11 is 6.07. The maximum atomic E-state index is 9.98. The second-order valence-corrected chi connectivity index (χ2v) is 4.62. The van der Waals surface area contributed by atoms with Gasteiger partial charge in [0.15, 0.2) is 0 Å². The molecule has 3 heteroatoms. The SMILES string of the molecule is CCCCCc1c(O)cc(Cl)c2ncccc12. The fourth-order valence-electron chi connectivity index (χ4n) is 2.07. The molecule has 2 rings (SSSR count). The van der Waals surface area contributed by atoms with E-state index in [0.29, 0.717) is 5.02 Å². The summed E-state index contributed by atoms with van der Waals surface area (Å²) in [5.74, 6) is 0.284. The number of nitrogens with zero attached hydrogens (tertiary/aromatic N) is 1. The third-order valence-electron chi connectivity index (χ3n) is 2.96. The van der Waals surface area contributed by atoms with Crippen molar-refractivity contribution < 1.29 is 5.11 Å². The van der Waals surface area contributed by atoms with Crippen molar-refractivity contribution in [3.05, 3.63) is 35.0 Å². The maximum absolute atomic E-state index is 9.98. The van der Waals surface area contributed by atoms with Crippen LogP contribution in [0.1, 0.15) is 31.7 Å². The zero-order valence-electron chi connectivity index (χ0n) is 9.91. The standard InChI is InChI=1S/C14H16ClNO/c1-2-3-4-6-10-11-7-5-8-16-14(11)12(15)9-13(10)17/h5,7-9,17H,2-4,6H2,1H3. The van der Waals surface area contributed by atoms with Gasteiger partial charge in [-0.15, -0.1) is 0 Å². The molecule has 0 radical (unpaired) electrons. The quantitative estimate of drug-likeness (QED) is 0.819. The molecule has 1 N–H and O–H groups in total. The van der Waals surface area contributed by atoms with E-state index in [2.05, 4.69) is 11.9 Å². The third kappa shape index (κ3) is 2.52. The predicted molar refractivity (Wildman–Crippen MR) is 71.6 cm³/mol. The molecule has 0 aliphatic rings. The molecule has 0 fully saturated rings. The normalized spacial score (nSPS) is 10.9. The number of phenolic OH excluding ortho intramolecular Hbond substituents is 1. The van der Waals surface area contributed by atoms with Crippen LogP contribution in [0.4, 0.5) is 0 Å². The highest BCUT2D eigenvalue weighted by molar-refractivity contribution is 6.35. The molecule has 0 saturated carbocycles. The van der Waals surface area contributed by atoms with Gasteiger partial charge in [0, 0.05) is 23.2 Å². The van der Waals surface area contributed by atoms with Crippen molar-refractivity contribution >= 4 is 22.5 Å². The van der Waals surface area contributed by atoms with Gasteiger partial charge in [-0.3, -0.25) is 4.98 Å². The number of rotatable bonds is 4. The van der Waals surface area contributed by atoms with E-state index < -0.39 is 0 Å². The molecular weight excluding hydrogens is 234 g/mol. The molecular formula is C14H16ClNO. The Bertz CT molecular complexity index is 525. The molecule has 0 amide bonds. The smallest absolute Gasteiger partial charge is 0.121 e. The Morgan fingerprint density at radius 1 is 1.35 bits per heavy atom. The number of aromatic hydroxyl groups is 1. The average molecular weight is 250 g/mol. The first-order chi connectivity index (χ1) is 8.24. The van der Waals surface area contributed by atoms with Crippen molar-refractivity contribution in [2.24, 2.45) is 0 Å². The summed E-state index contributed by atoms with van der Waals surface area (Å²) in [5.41, 5.74) is 1.74. The van der Waals surface area contributed by atoms with Gasteiger partial charge in [-0.1, -0.05) is 37.4 Å². The van der Waals surface area contributed by atoms with E-state index in [1.165, 1.54) is 12.8 Å². The van der Waals surface area contributed by atoms with Gasteiger partial charge in [0.2, 0.25) is 0 Å². The monoisotopic (exact) mass is 249 g/mol. The molecule has 0 unspecified atom stereocenters. The lowest BCUT2D eigenvalue weighted by Crippen LogP contribution is -1.91. The van der Waals surface area contributed by atoms with Crippen LogP contribution in [0.15, 0.2) is 24.4 Å². The lowest BCUT2D eigenvalue weighted by Gasteiger charge is -2.09. The van der Waals surface area contributed by atoms with Crippen LogP contribution in [-0.4, -0.2) is 10.1 Å². The minimum absolute atomic E-state index is 0.284. The highest BCUT2D eigenvalue weighted by atomic mass is 35.5. The predicted octanol–water partition coefficient (Wildman–Crippen LogP) is 4.33. The van der Waals surface area contributed by atoms with Crippen molar-refractivity contribution in [1.82, 2.24) is 4.98 Å². The molecule has 0 bridgehead atoms. The van der Waals surface area contributed by atoms with E-state index >= 15 is 0 Å². The second kappa shape index (κ2) is 5.37. The fraction of sp³-hybridized carbons (Fsp3) is 0.357. The van der Waals surface area contributed by atoms with Crippen LogP contribution in [-0.2, 0) is 6.42 Å². The summed E-state index contributed by atoms with van der Waals surface area (Å²) in [5, 5.41) is 11.5. The Hall–Kier alpha value is -1.28. The van der Waals surface area contributed by atoms with E-state index in [-0.39, 0.29) is 5.75 Å². The summed E-state index contributed by atoms with van der Waals surface area (Å²) in [7, 11) is 0. The van der Waals surface area contributed by atoms with Crippen molar-refractivity contribution in [3.63, 3.8) is 0 Å². The molecule has 0 saturated heterocycles. The molecule has 17 heavy (non-hydrogen) atoms. The summed E-state index contributed by atoms with van der Waals surface area (Å²) in [6.45, 7) is 2.17. The first kappa shape index (κ1) is 12.2. The number of hydrogen-bond donors (Lipinski definition) is 1. The molecule has 2 nitrogen and oxygen atoms in total. The first-order valence-electron chi connectivity index (χ1n) is 5.99. The van der Waals surface area contributed by atoms with Crippen LogP contribution in [0, 0.1) is 0 Å². The van der Waals surface area contributed by atoms with Crippen LogP contribution in [0.3, 0.4) is 0 Å². The summed E-state index contributed by atoms with van der Waals surface area (Å²) < 4.78 is 0. The van der Waals surface area contributed by atoms with E-state index in [4.69, 9.17) is 11.6 Å². The molecule has 1 aromatic carbocycles. The number of aryl methyl sites for hydroxylation is 1. The number of pyridine rings is 1. The third-order valence-corrected chi connectivity index (χ3v) is 3.25. The van der Waals surface area contributed by atoms with Gasteiger partial charge >= 0.3 is 0 Å². The van der Waals surface area contributed by atoms with E-state index in [0.717, 1.165) is 29.3 Å². The summed E-state index contributed by atoms with van der Waals surface area (Å²) in [4.78, 5) is 4.27. The minimum Gasteiger partial charge on any atom is -0.508 e. The highest BCUT2D eigenvalue weighted by Gasteiger charge is 2.10. The van der Waals surface area contributed by atoms with Crippen molar-refractivity contribution in [1.29, 1.82) is 0 Å². The van der Waals surface area contributed by atoms with Crippen LogP contribution >= 0.6 is 11.6 Å². The van der Waals surface area contributed by atoms with Crippen LogP contribution in [0.25, 0.3) is 10.9 Å². The maximum Gasteiger partial charge on any atom is 0.121 e. The molecule has 0 spiro atoms. The van der Waals surface area contributed by atoms with Crippen LogP contribution in [0.2, 0.25) is 5.02 Å². The zero-order valence-corrected chi connectivity index (χ0v) is 10.7. The fourth-order valence-corrected chi connectivity index (χ4v) is 2.32. The number of benzene rings is 1. The van der Waals surface area contributed by atoms with E-state index in [9.17, 15) is 5.11 Å². The van der Waals surface area contributed by atoms with Gasteiger partial charge in [-0.05, 0) is 18.9 Å². The van der Waals surface area contributed by atoms with E-state index in [1.807, 2.05) is 12.1 Å². The van der Waals surface area contributed by atoms with Crippen LogP contribution in [0.5, 0.6) is 5.75 Å². The molecule has 1 heterocycles. The lowest BCUT2D eigenvalue weighted by molar-refractivity contribution is 0.468. The van der Waals surface area contributed by atoms with Gasteiger partial charge in [-0.25, -0.2) is 0 Å². The number of hydrogen-bond acceptors (Lipinski definition) is 2. The molecule has 0 aliphatic heterocycles. The van der Waals surface area contributed by atoms with Gasteiger partial charge in [0.05, 0.1) is 10.5 Å². The van der Waals surface area contributed by atoms with Crippen molar-refractivity contribution in [2.75, 3.05) is 0 Å². The van der Waals surface area contributed by atoms with Gasteiger partial charge in [0.1, 0.15) is 5.75 Å². The van der Waals surface area contributed by atoms with Crippen molar-refractivity contribution in [2.45, 2.75) is 32.6 Å². The van der Waals surface area contributed by atoms with Gasteiger partial charge < -0.3 is 5.11 Å². The lowest BCUT2D eigenvalue weighted by atomic mass is 10.0. The Morgan fingerprint density at radius 3 is 2.94 bits per heavy atom. The summed E-state index contributed by atoms with van der Waals surface area (Å²) in [6, 6.07) is 5.44. The first-order valence-corrected chi connectivity index (χ1v) is 6.37. The van der Waals surface area contributed by atoms with Gasteiger partial charge in [-0.2, -0.15) is 0 Å². The highest BCUT2D eigenvalue weighted by Crippen LogP contribution is 2.33. The second-order valence-electron chi connectivity index (χ2n) is 4.21. The zero-order chi connectivity index (χ0) is 12.3. The Kier molecular flexibility index (Phi) is 3.85. The molecule has 1 aromatic heterocycles. The number of halogens is 1. The number of unbranched alkanes of at least 4 members (excludes halogenated alkanes) is 2. The largest absolute Gasteiger partial charge is 0.508 e. The van der Waals surface area contributed by atoms with Crippen molar-refractivity contribution in [3.8, 4) is 5.75 Å². The average Bonchev–Trinajstić information content (AvgIpc) is 2.33. The van der Waals surface area contributed by atoms with E-state index in [1.54, 1.807) is 12.3 Å². The Labute approximate surface area is 106 Å². The number of fused-ring (bicyclic) bond motifs is 1. The van der Waals surface area contributed by atoms with Crippen LogP contribution < -0.4 is 0 Å². The topological polar surface area (TPSA) is 33.1 Å². The molecule has 0 atom stereocenters. The Morgan fingerprint density at radius 2 is 2.18 bits per heavy atom. The molecule has 2 aromatic rings. The number of phenols is 1.